The smallest absolute Gasteiger partial charge is 0.270 e. The van der Waals surface area contributed by atoms with E-state index in [0.717, 1.165) is 19.3 Å². The van der Waals surface area contributed by atoms with Gasteiger partial charge >= 0.3 is 0 Å². The number of allylic oxidation sites excluding steroid dienone is 2. The fraction of sp³-hybridized carbons (Fsp3) is 0.882. The van der Waals surface area contributed by atoms with E-state index in [2.05, 4.69) is 6.92 Å². The molecule has 3 atom stereocenters. The van der Waals surface area contributed by atoms with E-state index in [0.29, 0.717) is 0 Å². The van der Waals surface area contributed by atoms with E-state index in [1.807, 2.05) is 6.08 Å². The topological polar surface area (TPSA) is 121 Å². The van der Waals surface area contributed by atoms with Crippen LogP contribution in [0.2, 0.25) is 0 Å². The summed E-state index contributed by atoms with van der Waals surface area (Å²) in [5.74, 6) is 0. The van der Waals surface area contributed by atoms with E-state index in [9.17, 15) is 18.1 Å². The van der Waals surface area contributed by atoms with Gasteiger partial charge in [0.2, 0.25) is 0 Å². The standard InChI is InChI=1S/C17H35NO5S/c1-2-3-4-5-6-7-8-9-10-11-12-13-16(24(21,22)23)17(20)15(18)14-19/h11-12,15-17,19-20H,2-10,13-14,18H2,1H3,(H,21,22,23)/b12-11+/t15-,16+,17-/m0/s1. The van der Waals surface area contributed by atoms with E-state index in [1.165, 1.54) is 38.5 Å². The number of unbranched alkanes of at least 4 members (excludes halogenated alkanes) is 8. The maximum Gasteiger partial charge on any atom is 0.270 e. The molecule has 5 N–H and O–H groups in total. The Balaban J connectivity index is 4.00. The Bertz CT molecular complexity index is 425. The van der Waals surface area contributed by atoms with Crippen molar-refractivity contribution >= 4 is 10.1 Å². The first-order chi connectivity index (χ1) is 11.3. The van der Waals surface area contributed by atoms with Crippen LogP contribution in [0.1, 0.15) is 71.1 Å². The van der Waals surface area contributed by atoms with Crippen molar-refractivity contribution in [3.63, 3.8) is 0 Å². The Morgan fingerprint density at radius 1 is 1.00 bits per heavy atom. The maximum absolute atomic E-state index is 11.3. The number of nitrogens with two attached hydrogens (primary N) is 1. The fourth-order valence-electron chi connectivity index (χ4n) is 2.57. The first-order valence-electron chi connectivity index (χ1n) is 9.00. The third kappa shape index (κ3) is 11.1. The van der Waals surface area contributed by atoms with Gasteiger partial charge in [-0.3, -0.25) is 4.55 Å². The van der Waals surface area contributed by atoms with Crippen molar-refractivity contribution < 1.29 is 23.2 Å². The number of aliphatic hydroxyl groups excluding tert-OH is 2. The molecule has 0 aromatic heterocycles. The summed E-state index contributed by atoms with van der Waals surface area (Å²) in [4.78, 5) is 0. The van der Waals surface area contributed by atoms with Crippen LogP contribution in [0.3, 0.4) is 0 Å². The summed E-state index contributed by atoms with van der Waals surface area (Å²) in [6, 6.07) is -1.10. The van der Waals surface area contributed by atoms with Gasteiger partial charge in [0.1, 0.15) is 5.25 Å². The lowest BCUT2D eigenvalue weighted by molar-refractivity contribution is 0.103. The van der Waals surface area contributed by atoms with E-state index in [1.54, 1.807) is 6.08 Å². The van der Waals surface area contributed by atoms with E-state index in [-0.39, 0.29) is 6.42 Å². The molecule has 0 saturated carbocycles. The highest BCUT2D eigenvalue weighted by Gasteiger charge is 2.33. The van der Waals surface area contributed by atoms with Crippen LogP contribution in [0.5, 0.6) is 0 Å². The second-order valence-electron chi connectivity index (χ2n) is 6.36. The minimum atomic E-state index is -4.42. The molecule has 0 aromatic carbocycles. The summed E-state index contributed by atoms with van der Waals surface area (Å²) >= 11 is 0. The molecule has 0 heterocycles. The average molecular weight is 366 g/mol. The number of aliphatic hydroxyl groups is 2. The SMILES string of the molecule is CCCCCCCCCC/C=C/C[C@H]([C@@H](O)[C@@H](N)CO)S(=O)(=O)O. The Hall–Kier alpha value is -0.470. The molecular formula is C17H35NO5S. The molecule has 0 saturated heterocycles. The van der Waals surface area contributed by atoms with Gasteiger partial charge in [0.15, 0.2) is 0 Å². The van der Waals surface area contributed by atoms with Crippen LogP contribution < -0.4 is 5.73 Å². The summed E-state index contributed by atoms with van der Waals surface area (Å²) in [6.07, 6.45) is 12.7. The molecule has 24 heavy (non-hydrogen) atoms. The van der Waals surface area contributed by atoms with E-state index < -0.39 is 34.1 Å². The number of rotatable bonds is 15. The van der Waals surface area contributed by atoms with Crippen LogP contribution in [0, 0.1) is 0 Å². The molecule has 144 valence electrons. The van der Waals surface area contributed by atoms with Crippen molar-refractivity contribution in [2.24, 2.45) is 5.73 Å². The summed E-state index contributed by atoms with van der Waals surface area (Å²) in [7, 11) is -4.42. The molecule has 0 amide bonds. The molecule has 0 fully saturated rings. The molecule has 0 bridgehead atoms. The third-order valence-corrected chi connectivity index (χ3v) is 5.41. The van der Waals surface area contributed by atoms with Crippen LogP contribution in [0.15, 0.2) is 12.2 Å². The van der Waals surface area contributed by atoms with Crippen molar-refractivity contribution in [3.05, 3.63) is 12.2 Å². The van der Waals surface area contributed by atoms with Gasteiger partial charge in [-0.25, -0.2) is 0 Å². The van der Waals surface area contributed by atoms with E-state index in [4.69, 9.17) is 10.8 Å². The zero-order valence-electron chi connectivity index (χ0n) is 14.8. The molecule has 0 radical (unpaired) electrons. The zero-order chi connectivity index (χ0) is 18.4. The highest BCUT2D eigenvalue weighted by atomic mass is 32.2. The quantitative estimate of drug-likeness (QED) is 0.201. The minimum absolute atomic E-state index is 0.0231. The van der Waals surface area contributed by atoms with Crippen molar-refractivity contribution in [3.8, 4) is 0 Å². The molecule has 0 spiro atoms. The summed E-state index contributed by atoms with van der Waals surface area (Å²) in [6.45, 7) is 1.66. The van der Waals surface area contributed by atoms with Crippen molar-refractivity contribution in [1.29, 1.82) is 0 Å². The highest BCUT2D eigenvalue weighted by molar-refractivity contribution is 7.86. The molecule has 0 aliphatic carbocycles. The first-order valence-corrected chi connectivity index (χ1v) is 10.5. The first kappa shape index (κ1) is 23.5. The lowest BCUT2D eigenvalue weighted by Crippen LogP contribution is -2.48. The molecule has 0 rings (SSSR count). The predicted molar refractivity (Wildman–Crippen MR) is 97.4 cm³/mol. The molecule has 0 unspecified atom stereocenters. The maximum atomic E-state index is 11.3. The largest absolute Gasteiger partial charge is 0.395 e. The second kappa shape index (κ2) is 13.8. The van der Waals surface area contributed by atoms with Gasteiger partial charge in [-0.1, -0.05) is 64.0 Å². The van der Waals surface area contributed by atoms with Crippen molar-refractivity contribution in [2.45, 2.75) is 88.5 Å². The fourth-order valence-corrected chi connectivity index (χ4v) is 3.47. The molecule has 0 aliphatic heterocycles. The normalized spacial score (nSPS) is 16.4. The van der Waals surface area contributed by atoms with Gasteiger partial charge < -0.3 is 15.9 Å². The van der Waals surface area contributed by atoms with Crippen molar-refractivity contribution in [1.82, 2.24) is 0 Å². The third-order valence-electron chi connectivity index (χ3n) is 4.17. The second-order valence-corrected chi connectivity index (χ2v) is 8.00. The molecule has 6 nitrogen and oxygen atoms in total. The van der Waals surface area contributed by atoms with Gasteiger partial charge in [0.05, 0.1) is 18.8 Å². The minimum Gasteiger partial charge on any atom is -0.395 e. The average Bonchev–Trinajstić information content (AvgIpc) is 2.53. The predicted octanol–water partition coefficient (Wildman–Crippen LogP) is 2.40. The summed E-state index contributed by atoms with van der Waals surface area (Å²) in [5.41, 5.74) is 5.44. The molecule has 7 heteroatoms. The summed E-state index contributed by atoms with van der Waals surface area (Å²) in [5, 5.41) is 17.3. The van der Waals surface area contributed by atoms with Crippen LogP contribution >= 0.6 is 0 Å². The molecular weight excluding hydrogens is 330 g/mol. The Kier molecular flexibility index (Phi) is 13.5. The monoisotopic (exact) mass is 365 g/mol. The number of hydrogen-bond acceptors (Lipinski definition) is 5. The van der Waals surface area contributed by atoms with Gasteiger partial charge in [0, 0.05) is 0 Å². The highest BCUT2D eigenvalue weighted by Crippen LogP contribution is 2.14. The van der Waals surface area contributed by atoms with Gasteiger partial charge in [-0.2, -0.15) is 8.42 Å². The Labute approximate surface area is 146 Å². The Morgan fingerprint density at radius 2 is 1.54 bits per heavy atom. The zero-order valence-corrected chi connectivity index (χ0v) is 15.6. The van der Waals surface area contributed by atoms with Crippen LogP contribution in [0.25, 0.3) is 0 Å². The van der Waals surface area contributed by atoms with Crippen LogP contribution in [-0.4, -0.2) is 47.2 Å². The lowest BCUT2D eigenvalue weighted by Gasteiger charge is -2.23. The van der Waals surface area contributed by atoms with Gasteiger partial charge in [-0.15, -0.1) is 0 Å². The molecule has 0 aromatic rings. The van der Waals surface area contributed by atoms with Crippen LogP contribution in [0.4, 0.5) is 0 Å². The van der Waals surface area contributed by atoms with Crippen molar-refractivity contribution in [2.75, 3.05) is 6.61 Å². The Morgan fingerprint density at radius 3 is 2.04 bits per heavy atom. The van der Waals surface area contributed by atoms with Crippen LogP contribution in [-0.2, 0) is 10.1 Å². The van der Waals surface area contributed by atoms with Gasteiger partial charge in [0.25, 0.3) is 10.1 Å². The van der Waals surface area contributed by atoms with Gasteiger partial charge in [-0.05, 0) is 19.3 Å². The summed E-state index contributed by atoms with van der Waals surface area (Å²) < 4.78 is 31.9. The molecule has 0 aliphatic rings. The lowest BCUT2D eigenvalue weighted by atomic mass is 10.1. The van der Waals surface area contributed by atoms with E-state index >= 15 is 0 Å². The number of hydrogen-bond donors (Lipinski definition) is 4.